The molecule has 0 saturated carbocycles. The number of nitrogens with zero attached hydrogens (tertiary/aromatic N) is 2. The van der Waals surface area contributed by atoms with Crippen molar-refractivity contribution in [2.75, 3.05) is 106 Å². The number of carbonyl (C=O) groups excluding carboxylic acids is 2. The number of phenols is 1. The molecule has 0 aliphatic carbocycles. The summed E-state index contributed by atoms with van der Waals surface area (Å²) in [4.78, 5) is 24.3. The van der Waals surface area contributed by atoms with Crippen molar-refractivity contribution >= 4 is 22.6 Å². The van der Waals surface area contributed by atoms with Crippen LogP contribution in [0.15, 0.2) is 47.1 Å². The molecule has 0 amide bonds. The van der Waals surface area contributed by atoms with Gasteiger partial charge >= 0.3 is 0 Å². The van der Waals surface area contributed by atoms with Gasteiger partial charge in [0.15, 0.2) is 5.78 Å². The second-order valence-corrected chi connectivity index (χ2v) is 11.2. The maximum absolute atomic E-state index is 12.3. The first-order chi connectivity index (χ1) is 24.6. The number of aromatic nitrogens is 2. The zero-order chi connectivity index (χ0) is 35.3. The molecule has 1 heterocycles. The topological polar surface area (TPSA) is 167 Å². The van der Waals surface area contributed by atoms with Crippen LogP contribution in [0.1, 0.15) is 48.0 Å². The summed E-state index contributed by atoms with van der Waals surface area (Å²) in [6.07, 6.45) is 3.56. The third kappa shape index (κ3) is 19.7. The normalized spacial score (nSPS) is 11.4. The third-order valence-electron chi connectivity index (χ3n) is 7.25. The van der Waals surface area contributed by atoms with Crippen molar-refractivity contribution in [3.05, 3.63) is 53.6 Å². The van der Waals surface area contributed by atoms with E-state index >= 15 is 0 Å². The quantitative estimate of drug-likeness (QED) is 0.0714. The van der Waals surface area contributed by atoms with Crippen LogP contribution in [0.3, 0.4) is 0 Å². The van der Waals surface area contributed by atoms with Crippen LogP contribution >= 0.6 is 0 Å². The van der Waals surface area contributed by atoms with Gasteiger partial charge in [-0.25, -0.2) is 4.63 Å². The van der Waals surface area contributed by atoms with Crippen molar-refractivity contribution in [1.82, 2.24) is 10.3 Å². The smallest absolute Gasteiger partial charge is 0.163 e. The molecule has 0 aliphatic rings. The van der Waals surface area contributed by atoms with Gasteiger partial charge in [0.25, 0.3) is 0 Å². The summed E-state index contributed by atoms with van der Waals surface area (Å²) in [5.41, 5.74) is 2.90. The van der Waals surface area contributed by atoms with Gasteiger partial charge in [-0.05, 0) is 65.5 Å². The standard InChI is InChI=1S/C36H52N2O12/c39-32(4-1-3-30-6-9-33(40)10-7-30)12-14-43-16-18-45-20-22-47-24-26-49-28-27-48-25-23-46-21-19-44-17-15-42-13-2-5-36(41)31-8-11-34-35(29-31)38-50-37-34/h6-11,29,40H,1-5,12-28H2. The number of benzene rings is 2. The molecule has 0 spiro atoms. The van der Waals surface area contributed by atoms with E-state index in [0.717, 1.165) is 18.4 Å². The van der Waals surface area contributed by atoms with Crippen molar-refractivity contribution in [3.8, 4) is 5.75 Å². The molecule has 0 aliphatic heterocycles. The molecule has 14 heteroatoms. The van der Waals surface area contributed by atoms with Crippen molar-refractivity contribution in [1.29, 1.82) is 0 Å². The van der Waals surface area contributed by atoms with Crippen LogP contribution in [0.25, 0.3) is 11.0 Å². The van der Waals surface area contributed by atoms with E-state index < -0.39 is 0 Å². The molecular formula is C36H52N2O12. The van der Waals surface area contributed by atoms with Crippen LogP contribution in [-0.2, 0) is 49.1 Å². The van der Waals surface area contributed by atoms with Gasteiger partial charge in [-0.2, -0.15) is 0 Å². The lowest BCUT2D eigenvalue weighted by Crippen LogP contribution is -2.15. The first-order valence-electron chi connectivity index (χ1n) is 17.3. The number of Topliss-reactive ketones (excluding diaryl/α,β-unsaturated/α-hetero) is 2. The molecule has 0 radical (unpaired) electrons. The van der Waals surface area contributed by atoms with Gasteiger partial charge in [0.1, 0.15) is 22.6 Å². The summed E-state index contributed by atoms with van der Waals surface area (Å²) in [6, 6.07) is 12.2. The van der Waals surface area contributed by atoms with Crippen LogP contribution in [0.4, 0.5) is 0 Å². The van der Waals surface area contributed by atoms with Gasteiger partial charge in [0.05, 0.1) is 99.1 Å². The molecule has 0 fully saturated rings. The summed E-state index contributed by atoms with van der Waals surface area (Å²) in [7, 11) is 0. The fraction of sp³-hybridized carbons (Fsp3) is 0.611. The molecule has 3 aromatic rings. The maximum atomic E-state index is 12.3. The summed E-state index contributed by atoms with van der Waals surface area (Å²) >= 11 is 0. The van der Waals surface area contributed by atoms with E-state index in [0.29, 0.717) is 148 Å². The Kier molecular flexibility index (Phi) is 22.5. The second kappa shape index (κ2) is 27.4. The van der Waals surface area contributed by atoms with Crippen molar-refractivity contribution in [2.24, 2.45) is 0 Å². The van der Waals surface area contributed by atoms with Crippen molar-refractivity contribution in [3.63, 3.8) is 0 Å². The van der Waals surface area contributed by atoms with E-state index in [1.54, 1.807) is 30.3 Å². The largest absolute Gasteiger partial charge is 0.508 e. The zero-order valence-electron chi connectivity index (χ0n) is 28.9. The highest BCUT2D eigenvalue weighted by Crippen LogP contribution is 2.14. The van der Waals surface area contributed by atoms with Gasteiger partial charge in [0.2, 0.25) is 0 Å². The highest BCUT2D eigenvalue weighted by molar-refractivity contribution is 5.98. The third-order valence-corrected chi connectivity index (χ3v) is 7.25. The first kappa shape index (κ1) is 41.1. The molecule has 1 N–H and O–H groups in total. The van der Waals surface area contributed by atoms with Crippen LogP contribution < -0.4 is 0 Å². The molecule has 0 unspecified atom stereocenters. The average Bonchev–Trinajstić information content (AvgIpc) is 3.60. The predicted molar refractivity (Wildman–Crippen MR) is 183 cm³/mol. The molecule has 278 valence electrons. The van der Waals surface area contributed by atoms with Gasteiger partial charge in [0, 0.05) is 31.4 Å². The Balaban J connectivity index is 0.937. The molecule has 0 saturated heterocycles. The predicted octanol–water partition coefficient (Wildman–Crippen LogP) is 4.01. The lowest BCUT2D eigenvalue weighted by molar-refractivity contribution is -0.120. The Morgan fingerprint density at radius 1 is 0.520 bits per heavy atom. The molecule has 1 aromatic heterocycles. The number of aryl methyl sites for hydroxylation is 1. The Labute approximate surface area is 293 Å². The summed E-state index contributed by atoms with van der Waals surface area (Å²) in [6.45, 7) is 7.43. The number of ketones is 2. The molecular weight excluding hydrogens is 652 g/mol. The second-order valence-electron chi connectivity index (χ2n) is 11.2. The van der Waals surface area contributed by atoms with E-state index in [2.05, 4.69) is 14.9 Å². The van der Waals surface area contributed by atoms with E-state index in [1.165, 1.54) is 0 Å². The number of aromatic hydroxyl groups is 1. The van der Waals surface area contributed by atoms with Gasteiger partial charge in [-0.1, -0.05) is 12.1 Å². The summed E-state index contributed by atoms with van der Waals surface area (Å²) in [5, 5.41) is 16.8. The number of hydrogen-bond donors (Lipinski definition) is 1. The number of ether oxygens (including phenoxy) is 8. The monoisotopic (exact) mass is 704 g/mol. The van der Waals surface area contributed by atoms with E-state index in [4.69, 9.17) is 37.9 Å². The van der Waals surface area contributed by atoms with Gasteiger partial charge < -0.3 is 43.0 Å². The Morgan fingerprint density at radius 3 is 1.54 bits per heavy atom. The van der Waals surface area contributed by atoms with Gasteiger partial charge in [-0.15, -0.1) is 0 Å². The first-order valence-corrected chi connectivity index (χ1v) is 17.3. The lowest BCUT2D eigenvalue weighted by Gasteiger charge is -2.09. The Bertz CT molecular complexity index is 1300. The number of hydrogen-bond acceptors (Lipinski definition) is 14. The SMILES string of the molecule is O=C(CCCc1ccc(O)cc1)CCOCCOCCOCCOCCOCCOCCOCCOCCCC(=O)c1ccc2nonc2c1. The summed E-state index contributed by atoms with van der Waals surface area (Å²) < 4.78 is 48.5. The molecule has 50 heavy (non-hydrogen) atoms. The lowest BCUT2D eigenvalue weighted by atomic mass is 10.1. The highest BCUT2D eigenvalue weighted by Gasteiger charge is 2.09. The number of carbonyl (C=O) groups is 2. The fourth-order valence-electron chi connectivity index (χ4n) is 4.54. The maximum Gasteiger partial charge on any atom is 0.163 e. The molecule has 0 bridgehead atoms. The van der Waals surface area contributed by atoms with Crippen LogP contribution in [0, 0.1) is 0 Å². The minimum Gasteiger partial charge on any atom is -0.508 e. The molecule has 14 nitrogen and oxygen atoms in total. The van der Waals surface area contributed by atoms with Gasteiger partial charge in [-0.3, -0.25) is 9.59 Å². The summed E-state index contributed by atoms with van der Waals surface area (Å²) in [5.74, 6) is 0.472. The molecule has 2 aromatic carbocycles. The number of rotatable bonds is 33. The van der Waals surface area contributed by atoms with E-state index in [9.17, 15) is 14.7 Å². The van der Waals surface area contributed by atoms with Crippen molar-refractivity contribution in [2.45, 2.75) is 38.5 Å². The van der Waals surface area contributed by atoms with Crippen LogP contribution in [0.2, 0.25) is 0 Å². The van der Waals surface area contributed by atoms with E-state index in [-0.39, 0.29) is 17.3 Å². The zero-order valence-corrected chi connectivity index (χ0v) is 28.9. The van der Waals surface area contributed by atoms with Crippen molar-refractivity contribution < 1.29 is 57.2 Å². The highest BCUT2D eigenvalue weighted by atomic mass is 16.6. The number of fused-ring (bicyclic) bond motifs is 1. The Morgan fingerprint density at radius 2 is 1.00 bits per heavy atom. The average molecular weight is 705 g/mol. The minimum atomic E-state index is 0.0324. The number of phenolic OH excluding ortho intramolecular Hbond substituents is 1. The van der Waals surface area contributed by atoms with E-state index in [1.807, 2.05) is 12.1 Å². The fourth-order valence-corrected chi connectivity index (χ4v) is 4.54. The van der Waals surface area contributed by atoms with Crippen LogP contribution in [-0.4, -0.2) is 133 Å². The Hall–Kier alpha value is -3.34. The molecule has 3 rings (SSSR count). The minimum absolute atomic E-state index is 0.0324. The molecule has 0 atom stereocenters. The van der Waals surface area contributed by atoms with Crippen LogP contribution in [0.5, 0.6) is 5.75 Å².